The van der Waals surface area contributed by atoms with Gasteiger partial charge in [0.2, 0.25) is 5.91 Å². The molecule has 0 fully saturated rings. The minimum absolute atomic E-state index is 0.0991. The van der Waals surface area contributed by atoms with Gasteiger partial charge in [-0.1, -0.05) is 69.3 Å². The topological polar surface area (TPSA) is 125 Å². The summed E-state index contributed by atoms with van der Waals surface area (Å²) in [7, 11) is 0. The minimum Gasteiger partial charge on any atom is -0.480 e. The molecule has 0 heterocycles. The molecule has 0 saturated heterocycles. The fraction of sp³-hybridized carbons (Fsp3) is 0.423. The molecule has 4 N–H and O–H groups in total. The quantitative estimate of drug-likeness (QED) is 0.448. The fourth-order valence-corrected chi connectivity index (χ4v) is 4.09. The number of ether oxygens (including phenoxy) is 1. The van der Waals surface area contributed by atoms with Crippen LogP contribution in [-0.4, -0.2) is 53.5 Å². The van der Waals surface area contributed by atoms with Gasteiger partial charge < -0.3 is 25.6 Å². The molecule has 2 atom stereocenters. The number of carboxylic acids is 1. The van der Waals surface area contributed by atoms with E-state index in [1.165, 1.54) is 0 Å². The molecular weight excluding hydrogens is 436 g/mol. The van der Waals surface area contributed by atoms with Gasteiger partial charge in [-0.3, -0.25) is 4.79 Å². The van der Waals surface area contributed by atoms with Crippen LogP contribution in [0.5, 0.6) is 0 Å². The van der Waals surface area contributed by atoms with Gasteiger partial charge in [0, 0.05) is 5.92 Å². The molecule has 2 aromatic rings. The number of rotatable bonds is 9. The number of carbonyl (C=O) groups excluding carboxylic acids is 2. The van der Waals surface area contributed by atoms with Crippen molar-refractivity contribution < 1.29 is 29.3 Å². The first kappa shape index (κ1) is 25.2. The molecule has 1 aliphatic carbocycles. The Hall–Kier alpha value is -3.39. The van der Waals surface area contributed by atoms with Gasteiger partial charge in [-0.2, -0.15) is 0 Å². The van der Waals surface area contributed by atoms with Crippen LogP contribution in [0.1, 0.15) is 50.7 Å². The van der Waals surface area contributed by atoms with Crippen molar-refractivity contribution in [3.8, 4) is 11.1 Å². The number of nitrogens with one attached hydrogen (secondary N) is 2. The molecule has 0 aliphatic heterocycles. The van der Waals surface area contributed by atoms with Crippen molar-refractivity contribution in [2.45, 2.75) is 51.6 Å². The number of alkyl carbamates (subject to hydrolysis) is 1. The van der Waals surface area contributed by atoms with Crippen LogP contribution in [0.2, 0.25) is 0 Å². The number of aliphatic carboxylic acids is 1. The van der Waals surface area contributed by atoms with E-state index in [0.29, 0.717) is 6.42 Å². The van der Waals surface area contributed by atoms with E-state index in [-0.39, 0.29) is 24.4 Å². The van der Waals surface area contributed by atoms with Crippen LogP contribution in [0.3, 0.4) is 0 Å². The molecule has 2 aromatic carbocycles. The van der Waals surface area contributed by atoms with Crippen molar-refractivity contribution in [1.82, 2.24) is 10.6 Å². The fourth-order valence-electron chi connectivity index (χ4n) is 4.09. The van der Waals surface area contributed by atoms with Crippen LogP contribution >= 0.6 is 0 Å². The van der Waals surface area contributed by atoms with Crippen LogP contribution in [0.15, 0.2) is 48.5 Å². The van der Waals surface area contributed by atoms with Gasteiger partial charge in [-0.25, -0.2) is 9.59 Å². The molecule has 0 radical (unpaired) electrons. The molecule has 2 amide bonds. The second-order valence-corrected chi connectivity index (χ2v) is 9.70. The van der Waals surface area contributed by atoms with E-state index in [1.54, 1.807) is 0 Å². The summed E-state index contributed by atoms with van der Waals surface area (Å²) in [5.41, 5.74) is 4.26. The standard InChI is InChI=1S/C26H32N2O6/c1-26(2,3)13-12-21(23(30)27-22(14-29)24(31)32)28-25(33)34-15-20-18-10-6-4-8-16(18)17-9-5-7-11-19(17)20/h4-11,20-22,29H,12-15H2,1-3H3,(H,27,30)(H,28,33)(H,31,32). The molecule has 0 spiro atoms. The lowest BCUT2D eigenvalue weighted by atomic mass is 9.88. The van der Waals surface area contributed by atoms with E-state index < -0.39 is 36.7 Å². The SMILES string of the molecule is CC(C)(C)CCC(NC(=O)OCC1c2ccccc2-c2ccccc21)C(=O)NC(CO)C(=O)O. The number of hydrogen-bond acceptors (Lipinski definition) is 5. The number of carbonyl (C=O) groups is 3. The number of amides is 2. The van der Waals surface area contributed by atoms with Crippen molar-refractivity contribution in [2.75, 3.05) is 13.2 Å². The number of aliphatic hydroxyl groups excluding tert-OH is 1. The molecule has 1 aliphatic rings. The first-order chi connectivity index (χ1) is 16.1. The zero-order chi connectivity index (χ0) is 24.9. The maximum absolute atomic E-state index is 12.7. The molecule has 2 unspecified atom stereocenters. The highest BCUT2D eigenvalue weighted by molar-refractivity contribution is 5.89. The first-order valence-electron chi connectivity index (χ1n) is 11.4. The summed E-state index contributed by atoms with van der Waals surface area (Å²) in [6.07, 6.45) is 0.134. The highest BCUT2D eigenvalue weighted by Gasteiger charge is 2.31. The number of benzene rings is 2. The van der Waals surface area contributed by atoms with Gasteiger partial charge in [-0.05, 0) is 40.5 Å². The van der Waals surface area contributed by atoms with E-state index in [0.717, 1.165) is 22.3 Å². The summed E-state index contributed by atoms with van der Waals surface area (Å²) in [5.74, 6) is -2.16. The molecule has 0 aromatic heterocycles. The third kappa shape index (κ3) is 6.14. The summed E-state index contributed by atoms with van der Waals surface area (Å²) in [6.45, 7) is 5.36. The van der Waals surface area contributed by atoms with E-state index >= 15 is 0 Å². The average molecular weight is 469 g/mol. The Morgan fingerprint density at radius 2 is 1.50 bits per heavy atom. The summed E-state index contributed by atoms with van der Waals surface area (Å²) in [6, 6.07) is 13.5. The van der Waals surface area contributed by atoms with Crippen LogP contribution < -0.4 is 10.6 Å². The summed E-state index contributed by atoms with van der Waals surface area (Å²) in [4.78, 5) is 36.6. The van der Waals surface area contributed by atoms with Crippen LogP contribution in [-0.2, 0) is 14.3 Å². The van der Waals surface area contributed by atoms with Gasteiger partial charge in [0.1, 0.15) is 18.7 Å². The second kappa shape index (κ2) is 10.7. The number of hydrogen-bond donors (Lipinski definition) is 4. The molecule has 8 nitrogen and oxygen atoms in total. The van der Waals surface area contributed by atoms with Gasteiger partial charge in [0.15, 0.2) is 0 Å². The van der Waals surface area contributed by atoms with Crippen molar-refractivity contribution in [3.05, 3.63) is 59.7 Å². The Bertz CT molecular complexity index is 1000. The summed E-state index contributed by atoms with van der Waals surface area (Å²) >= 11 is 0. The Labute approximate surface area is 199 Å². The van der Waals surface area contributed by atoms with Crippen LogP contribution in [0, 0.1) is 5.41 Å². The predicted molar refractivity (Wildman–Crippen MR) is 127 cm³/mol. The highest BCUT2D eigenvalue weighted by Crippen LogP contribution is 2.44. The van der Waals surface area contributed by atoms with E-state index in [9.17, 15) is 19.5 Å². The third-order valence-corrected chi connectivity index (χ3v) is 5.93. The highest BCUT2D eigenvalue weighted by atomic mass is 16.5. The minimum atomic E-state index is -1.45. The number of carboxylic acid groups (broad SMARTS) is 1. The normalized spacial score (nSPS) is 14.5. The Morgan fingerprint density at radius 1 is 0.941 bits per heavy atom. The smallest absolute Gasteiger partial charge is 0.407 e. The van der Waals surface area contributed by atoms with Gasteiger partial charge in [0.05, 0.1) is 6.61 Å². The van der Waals surface area contributed by atoms with E-state index in [1.807, 2.05) is 69.3 Å². The molecule has 182 valence electrons. The van der Waals surface area contributed by atoms with Crippen molar-refractivity contribution >= 4 is 18.0 Å². The van der Waals surface area contributed by atoms with Crippen molar-refractivity contribution in [1.29, 1.82) is 0 Å². The summed E-state index contributed by atoms with van der Waals surface area (Å²) in [5, 5.41) is 23.2. The zero-order valence-electron chi connectivity index (χ0n) is 19.7. The number of aliphatic hydroxyl groups is 1. The molecule has 0 saturated carbocycles. The molecule has 0 bridgehead atoms. The van der Waals surface area contributed by atoms with Crippen molar-refractivity contribution in [3.63, 3.8) is 0 Å². The lowest BCUT2D eigenvalue weighted by Crippen LogP contribution is -2.53. The van der Waals surface area contributed by atoms with Gasteiger partial charge in [0.25, 0.3) is 0 Å². The third-order valence-electron chi connectivity index (χ3n) is 5.93. The molecule has 8 heteroatoms. The van der Waals surface area contributed by atoms with E-state index in [2.05, 4.69) is 10.6 Å². The van der Waals surface area contributed by atoms with Gasteiger partial charge in [-0.15, -0.1) is 0 Å². The van der Waals surface area contributed by atoms with Crippen LogP contribution in [0.25, 0.3) is 11.1 Å². The lowest BCUT2D eigenvalue weighted by Gasteiger charge is -2.24. The molecule has 3 rings (SSSR count). The van der Waals surface area contributed by atoms with Crippen molar-refractivity contribution in [2.24, 2.45) is 5.41 Å². The monoisotopic (exact) mass is 468 g/mol. The zero-order valence-corrected chi connectivity index (χ0v) is 19.7. The molecule has 34 heavy (non-hydrogen) atoms. The second-order valence-electron chi connectivity index (χ2n) is 9.70. The largest absolute Gasteiger partial charge is 0.480 e. The Balaban J connectivity index is 1.68. The Kier molecular flexibility index (Phi) is 7.94. The summed E-state index contributed by atoms with van der Waals surface area (Å²) < 4.78 is 5.54. The maximum atomic E-state index is 12.7. The maximum Gasteiger partial charge on any atom is 0.407 e. The lowest BCUT2D eigenvalue weighted by molar-refractivity contribution is -0.143. The first-order valence-corrected chi connectivity index (χ1v) is 11.4. The van der Waals surface area contributed by atoms with Crippen LogP contribution in [0.4, 0.5) is 4.79 Å². The Morgan fingerprint density at radius 3 is 2.00 bits per heavy atom. The predicted octanol–water partition coefficient (Wildman–Crippen LogP) is 3.28. The van der Waals surface area contributed by atoms with Gasteiger partial charge >= 0.3 is 12.1 Å². The van der Waals surface area contributed by atoms with E-state index in [4.69, 9.17) is 9.84 Å². The number of fused-ring (bicyclic) bond motifs is 3. The molecular formula is C26H32N2O6. The average Bonchev–Trinajstić information content (AvgIpc) is 3.11.